The molecule has 0 heterocycles. The molecule has 20 heavy (non-hydrogen) atoms. The molecule has 5 nitrogen and oxygen atoms in total. The van der Waals surface area contributed by atoms with Crippen molar-refractivity contribution in [1.29, 1.82) is 0 Å². The first-order chi connectivity index (χ1) is 9.60. The van der Waals surface area contributed by atoms with Gasteiger partial charge >= 0.3 is 5.97 Å². The van der Waals surface area contributed by atoms with Crippen LogP contribution in [-0.4, -0.2) is 41.6 Å². The van der Waals surface area contributed by atoms with Gasteiger partial charge in [0.2, 0.25) is 5.91 Å². The summed E-state index contributed by atoms with van der Waals surface area (Å²) < 4.78 is 5.08. The molecule has 0 atom stereocenters. The minimum Gasteiger partial charge on any atom is -0.497 e. The van der Waals surface area contributed by atoms with Crippen molar-refractivity contribution in [2.75, 3.05) is 13.7 Å². The largest absolute Gasteiger partial charge is 0.497 e. The summed E-state index contributed by atoms with van der Waals surface area (Å²) in [5, 5.41) is 8.84. The lowest BCUT2D eigenvalue weighted by molar-refractivity contribution is -0.144. The Balaban J connectivity index is 1.87. The molecule has 1 saturated carbocycles. The minimum atomic E-state index is -0.949. The van der Waals surface area contributed by atoms with Crippen LogP contribution in [0.5, 0.6) is 5.75 Å². The number of methoxy groups -OCH3 is 1. The normalized spacial score (nSPS) is 13.8. The molecule has 0 unspecified atom stereocenters. The summed E-state index contributed by atoms with van der Waals surface area (Å²) in [6.45, 7) is -0.188. The first-order valence-electron chi connectivity index (χ1n) is 6.74. The van der Waals surface area contributed by atoms with Crippen LogP contribution in [0.25, 0.3) is 0 Å². The van der Waals surface area contributed by atoms with E-state index >= 15 is 0 Å². The number of carbonyl (C=O) groups excluding carboxylic acids is 1. The van der Waals surface area contributed by atoms with Gasteiger partial charge in [-0.2, -0.15) is 0 Å². The number of carboxylic acid groups (broad SMARTS) is 1. The third-order valence-electron chi connectivity index (χ3n) is 3.40. The SMILES string of the molecule is COc1ccc(CCC(=O)N(CC(=O)O)C2CC2)cc1. The predicted octanol–water partition coefficient (Wildman–Crippen LogP) is 1.70. The van der Waals surface area contributed by atoms with Crippen LogP contribution in [0.2, 0.25) is 0 Å². The molecule has 1 amide bonds. The fourth-order valence-corrected chi connectivity index (χ4v) is 2.14. The topological polar surface area (TPSA) is 66.8 Å². The van der Waals surface area contributed by atoms with E-state index in [0.717, 1.165) is 24.2 Å². The van der Waals surface area contributed by atoms with Gasteiger partial charge in [0.05, 0.1) is 7.11 Å². The molecule has 1 aromatic rings. The van der Waals surface area contributed by atoms with Crippen LogP contribution in [0, 0.1) is 0 Å². The van der Waals surface area contributed by atoms with Gasteiger partial charge in [0.15, 0.2) is 0 Å². The zero-order chi connectivity index (χ0) is 14.5. The molecule has 1 aliphatic rings. The van der Waals surface area contributed by atoms with Crippen LogP contribution < -0.4 is 4.74 Å². The van der Waals surface area contributed by atoms with Gasteiger partial charge in [-0.15, -0.1) is 0 Å². The van der Waals surface area contributed by atoms with E-state index in [1.165, 1.54) is 4.90 Å². The Kier molecular flexibility index (Phi) is 4.61. The van der Waals surface area contributed by atoms with Crippen molar-refractivity contribution in [3.63, 3.8) is 0 Å². The maximum Gasteiger partial charge on any atom is 0.323 e. The lowest BCUT2D eigenvalue weighted by Crippen LogP contribution is -2.37. The average molecular weight is 277 g/mol. The molecule has 5 heteroatoms. The Morgan fingerprint density at radius 3 is 2.45 bits per heavy atom. The van der Waals surface area contributed by atoms with Crippen molar-refractivity contribution in [2.45, 2.75) is 31.7 Å². The molecule has 0 spiro atoms. The number of hydrogen-bond donors (Lipinski definition) is 1. The van der Waals surface area contributed by atoms with Gasteiger partial charge in [0.1, 0.15) is 12.3 Å². The number of aryl methyl sites for hydroxylation is 1. The van der Waals surface area contributed by atoms with E-state index in [-0.39, 0.29) is 18.5 Å². The number of nitrogens with zero attached hydrogens (tertiary/aromatic N) is 1. The van der Waals surface area contributed by atoms with Crippen molar-refractivity contribution < 1.29 is 19.4 Å². The number of carbonyl (C=O) groups is 2. The second kappa shape index (κ2) is 6.41. The molecule has 0 bridgehead atoms. The quantitative estimate of drug-likeness (QED) is 0.823. The van der Waals surface area contributed by atoms with Crippen molar-refractivity contribution >= 4 is 11.9 Å². The summed E-state index contributed by atoms with van der Waals surface area (Å²) in [5.74, 6) is -0.244. The van der Waals surface area contributed by atoms with Gasteiger partial charge in [-0.25, -0.2) is 0 Å². The standard InChI is InChI=1S/C15H19NO4/c1-20-13-7-2-11(3-8-13)4-9-14(17)16(10-15(18)19)12-5-6-12/h2-3,7-8,12H,4-6,9-10H2,1H3,(H,18,19). The number of rotatable bonds is 7. The van der Waals surface area contributed by atoms with Crippen LogP contribution in [0.15, 0.2) is 24.3 Å². The average Bonchev–Trinajstić information content (AvgIpc) is 3.27. The molecule has 0 radical (unpaired) electrons. The Morgan fingerprint density at radius 2 is 1.95 bits per heavy atom. The maximum absolute atomic E-state index is 12.1. The highest BCUT2D eigenvalue weighted by molar-refractivity contribution is 5.82. The molecule has 1 fully saturated rings. The van der Waals surface area contributed by atoms with Gasteiger partial charge < -0.3 is 14.7 Å². The fraction of sp³-hybridized carbons (Fsp3) is 0.467. The first-order valence-corrected chi connectivity index (χ1v) is 6.74. The lowest BCUT2D eigenvalue weighted by Gasteiger charge is -2.20. The molecular formula is C15H19NO4. The molecule has 2 rings (SSSR count). The van der Waals surface area contributed by atoms with Crippen LogP contribution in [-0.2, 0) is 16.0 Å². The van der Waals surface area contributed by atoms with Gasteiger partial charge in [0, 0.05) is 12.5 Å². The summed E-state index contributed by atoms with van der Waals surface area (Å²) in [4.78, 5) is 24.4. The number of hydrogen-bond acceptors (Lipinski definition) is 3. The summed E-state index contributed by atoms with van der Waals surface area (Å²) in [7, 11) is 1.61. The number of ether oxygens (including phenoxy) is 1. The van der Waals surface area contributed by atoms with E-state index in [9.17, 15) is 9.59 Å². The smallest absolute Gasteiger partial charge is 0.323 e. The van der Waals surface area contributed by atoms with Crippen LogP contribution in [0.1, 0.15) is 24.8 Å². The van der Waals surface area contributed by atoms with Gasteiger partial charge in [-0.05, 0) is 37.0 Å². The van der Waals surface area contributed by atoms with E-state index in [0.29, 0.717) is 12.8 Å². The molecule has 0 saturated heterocycles. The number of amides is 1. The number of carboxylic acids is 1. The maximum atomic E-state index is 12.1. The van der Waals surface area contributed by atoms with Crippen molar-refractivity contribution in [1.82, 2.24) is 4.90 Å². The van der Waals surface area contributed by atoms with E-state index in [2.05, 4.69) is 0 Å². The molecule has 1 aromatic carbocycles. The predicted molar refractivity (Wildman–Crippen MR) is 73.7 cm³/mol. The first kappa shape index (κ1) is 14.4. The monoisotopic (exact) mass is 277 g/mol. The summed E-state index contributed by atoms with van der Waals surface area (Å²) in [6, 6.07) is 7.69. The zero-order valence-corrected chi connectivity index (χ0v) is 11.5. The van der Waals surface area contributed by atoms with Crippen molar-refractivity contribution in [3.05, 3.63) is 29.8 Å². The van der Waals surface area contributed by atoms with Crippen LogP contribution in [0.3, 0.4) is 0 Å². The van der Waals surface area contributed by atoms with Crippen LogP contribution >= 0.6 is 0 Å². The molecule has 0 aromatic heterocycles. The Bertz CT molecular complexity index is 479. The summed E-state index contributed by atoms with van der Waals surface area (Å²) in [6.07, 6.45) is 2.80. The number of benzene rings is 1. The third kappa shape index (κ3) is 3.98. The van der Waals surface area contributed by atoms with E-state index in [1.807, 2.05) is 24.3 Å². The lowest BCUT2D eigenvalue weighted by atomic mass is 10.1. The van der Waals surface area contributed by atoms with E-state index in [4.69, 9.17) is 9.84 Å². The van der Waals surface area contributed by atoms with Gasteiger partial charge in [0.25, 0.3) is 0 Å². The molecule has 0 aliphatic heterocycles. The Labute approximate surface area is 118 Å². The Morgan fingerprint density at radius 1 is 1.30 bits per heavy atom. The molecular weight excluding hydrogens is 258 g/mol. The van der Waals surface area contributed by atoms with Crippen molar-refractivity contribution in [2.24, 2.45) is 0 Å². The third-order valence-corrected chi connectivity index (χ3v) is 3.40. The summed E-state index contributed by atoms with van der Waals surface area (Å²) >= 11 is 0. The molecule has 1 N–H and O–H groups in total. The Hall–Kier alpha value is -2.04. The second-order valence-corrected chi connectivity index (χ2v) is 4.99. The van der Waals surface area contributed by atoms with Gasteiger partial charge in [-0.3, -0.25) is 9.59 Å². The van der Waals surface area contributed by atoms with E-state index in [1.54, 1.807) is 7.11 Å². The van der Waals surface area contributed by atoms with Gasteiger partial charge in [-0.1, -0.05) is 12.1 Å². The number of aliphatic carboxylic acids is 1. The highest BCUT2D eigenvalue weighted by Crippen LogP contribution is 2.27. The summed E-state index contributed by atoms with van der Waals surface area (Å²) in [5.41, 5.74) is 1.05. The second-order valence-electron chi connectivity index (χ2n) is 4.99. The zero-order valence-electron chi connectivity index (χ0n) is 11.5. The van der Waals surface area contributed by atoms with Crippen LogP contribution in [0.4, 0.5) is 0 Å². The molecule has 1 aliphatic carbocycles. The van der Waals surface area contributed by atoms with E-state index < -0.39 is 5.97 Å². The fourth-order valence-electron chi connectivity index (χ4n) is 2.14. The minimum absolute atomic E-state index is 0.0780. The van der Waals surface area contributed by atoms with Crippen molar-refractivity contribution in [3.8, 4) is 5.75 Å². The highest BCUT2D eigenvalue weighted by atomic mass is 16.5. The highest BCUT2D eigenvalue weighted by Gasteiger charge is 2.33. The molecule has 108 valence electrons.